The van der Waals surface area contributed by atoms with Gasteiger partial charge in [-0.3, -0.25) is 0 Å². The molecular weight excluding hydrogens is 232 g/mol. The van der Waals surface area contributed by atoms with Gasteiger partial charge >= 0.3 is 0 Å². The average Bonchev–Trinajstić information content (AvgIpc) is 2.63. The number of hydrogen-bond donors (Lipinski definition) is 1. The number of ether oxygens (including phenoxy) is 1. The molecule has 0 unspecified atom stereocenters. The molecule has 1 aromatic rings. The van der Waals surface area contributed by atoms with Crippen molar-refractivity contribution in [3.05, 3.63) is 16.1 Å². The molecule has 0 bridgehead atoms. The fraction of sp³-hybridized carbons (Fsp3) is 0.769. The van der Waals surface area contributed by atoms with Crippen molar-refractivity contribution in [3.8, 4) is 0 Å². The molecule has 1 aromatic heterocycles. The molecule has 1 aliphatic rings. The summed E-state index contributed by atoms with van der Waals surface area (Å²) in [5.74, 6) is 0. The van der Waals surface area contributed by atoms with E-state index in [0.29, 0.717) is 0 Å². The first-order valence-electron chi connectivity index (χ1n) is 6.12. The molecule has 1 atom stereocenters. The van der Waals surface area contributed by atoms with E-state index in [0.717, 1.165) is 23.8 Å². The van der Waals surface area contributed by atoms with Gasteiger partial charge in [-0.1, -0.05) is 20.8 Å². The molecule has 17 heavy (non-hydrogen) atoms. The molecule has 1 aliphatic heterocycles. The van der Waals surface area contributed by atoms with Crippen molar-refractivity contribution in [2.45, 2.75) is 51.7 Å². The van der Waals surface area contributed by atoms with E-state index in [1.165, 1.54) is 0 Å². The van der Waals surface area contributed by atoms with Crippen LogP contribution in [0.15, 0.2) is 5.38 Å². The summed E-state index contributed by atoms with van der Waals surface area (Å²) in [7, 11) is 0. The van der Waals surface area contributed by atoms with Gasteiger partial charge in [-0.15, -0.1) is 11.3 Å². The van der Waals surface area contributed by atoms with Crippen LogP contribution in [0.1, 0.15) is 51.4 Å². The monoisotopic (exact) mass is 254 g/mol. The third-order valence-corrected chi connectivity index (χ3v) is 3.84. The van der Waals surface area contributed by atoms with Gasteiger partial charge in [0.1, 0.15) is 11.1 Å². The summed E-state index contributed by atoms with van der Waals surface area (Å²) in [4.78, 5) is 4.72. The molecular formula is C13H22N2OS. The standard InChI is InChI=1S/C13H22N2OS/c1-12(2,3)10-7-17-11(15-10)9-6-14-8-13(4,5)16-9/h7,9,14H,6,8H2,1-5H3/t9-/m1/s1. The maximum absolute atomic E-state index is 6.07. The van der Waals surface area contributed by atoms with Crippen molar-refractivity contribution in [2.24, 2.45) is 0 Å². The molecule has 0 spiro atoms. The number of nitrogens with one attached hydrogen (secondary N) is 1. The van der Waals surface area contributed by atoms with Gasteiger partial charge in [0.2, 0.25) is 0 Å². The Labute approximate surface area is 108 Å². The van der Waals surface area contributed by atoms with Crippen LogP contribution in [0.5, 0.6) is 0 Å². The van der Waals surface area contributed by atoms with E-state index in [-0.39, 0.29) is 17.1 Å². The molecule has 0 amide bonds. The number of rotatable bonds is 1. The summed E-state index contributed by atoms with van der Waals surface area (Å²) in [6.45, 7) is 12.6. The minimum absolute atomic E-state index is 0.0971. The zero-order valence-electron chi connectivity index (χ0n) is 11.3. The molecule has 4 heteroatoms. The molecule has 2 heterocycles. The van der Waals surface area contributed by atoms with Gasteiger partial charge in [-0.25, -0.2) is 4.98 Å². The quantitative estimate of drug-likeness (QED) is 0.837. The lowest BCUT2D eigenvalue weighted by atomic mass is 9.93. The number of thiazole rings is 1. The molecule has 0 radical (unpaired) electrons. The normalized spacial score (nSPS) is 24.9. The molecule has 1 saturated heterocycles. The van der Waals surface area contributed by atoms with E-state index >= 15 is 0 Å². The average molecular weight is 254 g/mol. The fourth-order valence-electron chi connectivity index (χ4n) is 1.89. The number of morpholine rings is 1. The van der Waals surface area contributed by atoms with Crippen LogP contribution >= 0.6 is 11.3 Å². The number of nitrogens with zero attached hydrogens (tertiary/aromatic N) is 1. The van der Waals surface area contributed by atoms with Gasteiger partial charge < -0.3 is 10.1 Å². The zero-order chi connectivity index (χ0) is 12.7. The smallest absolute Gasteiger partial charge is 0.123 e. The van der Waals surface area contributed by atoms with Gasteiger partial charge in [-0.2, -0.15) is 0 Å². The maximum atomic E-state index is 6.07. The van der Waals surface area contributed by atoms with Gasteiger partial charge in [0.15, 0.2) is 0 Å². The topological polar surface area (TPSA) is 34.2 Å². The first-order chi connectivity index (χ1) is 7.78. The Morgan fingerprint density at radius 3 is 2.71 bits per heavy atom. The predicted octanol–water partition coefficient (Wildman–Crippen LogP) is 2.88. The van der Waals surface area contributed by atoms with E-state index in [1.807, 2.05) is 0 Å². The maximum Gasteiger partial charge on any atom is 0.123 e. The Morgan fingerprint density at radius 1 is 1.47 bits per heavy atom. The molecule has 96 valence electrons. The molecule has 1 N–H and O–H groups in total. The highest BCUT2D eigenvalue weighted by Crippen LogP contribution is 2.31. The van der Waals surface area contributed by atoms with E-state index < -0.39 is 0 Å². The lowest BCUT2D eigenvalue weighted by Gasteiger charge is -2.35. The van der Waals surface area contributed by atoms with Gasteiger partial charge in [0, 0.05) is 23.9 Å². The summed E-state index contributed by atoms with van der Waals surface area (Å²) in [5.41, 5.74) is 1.17. The summed E-state index contributed by atoms with van der Waals surface area (Å²) in [6, 6.07) is 0. The lowest BCUT2D eigenvalue weighted by molar-refractivity contribution is -0.0959. The van der Waals surface area contributed by atoms with Crippen molar-refractivity contribution in [1.29, 1.82) is 0 Å². The first kappa shape index (κ1) is 13.0. The number of aromatic nitrogens is 1. The van der Waals surface area contributed by atoms with Crippen LogP contribution in [0, 0.1) is 0 Å². The van der Waals surface area contributed by atoms with Crippen LogP contribution in [0.4, 0.5) is 0 Å². The van der Waals surface area contributed by atoms with E-state index in [2.05, 4.69) is 45.3 Å². The SMILES string of the molecule is CC1(C)CNC[C@H](c2nc(C(C)(C)C)cs2)O1. The van der Waals surface area contributed by atoms with Crippen molar-refractivity contribution in [2.75, 3.05) is 13.1 Å². The Morgan fingerprint density at radius 2 is 2.18 bits per heavy atom. The van der Waals surface area contributed by atoms with Crippen LogP contribution in [0.25, 0.3) is 0 Å². The van der Waals surface area contributed by atoms with E-state index in [1.54, 1.807) is 11.3 Å². The molecule has 1 fully saturated rings. The zero-order valence-corrected chi connectivity index (χ0v) is 12.1. The first-order valence-corrected chi connectivity index (χ1v) is 7.00. The van der Waals surface area contributed by atoms with Crippen LogP contribution in [0.2, 0.25) is 0 Å². The number of hydrogen-bond acceptors (Lipinski definition) is 4. The minimum atomic E-state index is -0.101. The summed E-state index contributed by atoms with van der Waals surface area (Å²) < 4.78 is 6.07. The molecule has 2 rings (SSSR count). The van der Waals surface area contributed by atoms with E-state index in [9.17, 15) is 0 Å². The largest absolute Gasteiger partial charge is 0.362 e. The van der Waals surface area contributed by atoms with Gasteiger partial charge in [0.05, 0.1) is 11.3 Å². The Kier molecular flexibility index (Phi) is 3.31. The highest BCUT2D eigenvalue weighted by atomic mass is 32.1. The van der Waals surface area contributed by atoms with Crippen LogP contribution in [-0.4, -0.2) is 23.7 Å². The third kappa shape index (κ3) is 3.06. The second-order valence-corrected chi connectivity index (χ2v) is 7.21. The van der Waals surface area contributed by atoms with Crippen molar-refractivity contribution >= 4 is 11.3 Å². The Hall–Kier alpha value is -0.450. The summed E-state index contributed by atoms with van der Waals surface area (Å²) in [6.07, 6.45) is 0.0971. The molecule has 0 saturated carbocycles. The molecule has 3 nitrogen and oxygen atoms in total. The predicted molar refractivity (Wildman–Crippen MR) is 71.6 cm³/mol. The fourth-order valence-corrected chi connectivity index (χ4v) is 2.96. The van der Waals surface area contributed by atoms with Crippen LogP contribution < -0.4 is 5.32 Å². The van der Waals surface area contributed by atoms with Crippen LogP contribution in [0.3, 0.4) is 0 Å². The molecule has 0 aromatic carbocycles. The summed E-state index contributed by atoms with van der Waals surface area (Å²) >= 11 is 1.71. The third-order valence-electron chi connectivity index (χ3n) is 2.91. The second kappa shape index (κ2) is 4.34. The Balaban J connectivity index is 2.15. The van der Waals surface area contributed by atoms with Crippen molar-refractivity contribution < 1.29 is 4.74 Å². The van der Waals surface area contributed by atoms with Gasteiger partial charge in [0.25, 0.3) is 0 Å². The highest BCUT2D eigenvalue weighted by molar-refractivity contribution is 7.09. The van der Waals surface area contributed by atoms with Crippen molar-refractivity contribution in [3.63, 3.8) is 0 Å². The van der Waals surface area contributed by atoms with Crippen molar-refractivity contribution in [1.82, 2.24) is 10.3 Å². The minimum Gasteiger partial charge on any atom is -0.362 e. The lowest BCUT2D eigenvalue weighted by Crippen LogP contribution is -2.46. The van der Waals surface area contributed by atoms with Gasteiger partial charge in [-0.05, 0) is 13.8 Å². The second-order valence-electron chi connectivity index (χ2n) is 6.32. The summed E-state index contributed by atoms with van der Waals surface area (Å²) in [5, 5.41) is 6.66. The molecule has 0 aliphatic carbocycles. The Bertz CT molecular complexity index is 392. The van der Waals surface area contributed by atoms with Crippen LogP contribution in [-0.2, 0) is 10.2 Å². The van der Waals surface area contributed by atoms with E-state index in [4.69, 9.17) is 9.72 Å². The highest BCUT2D eigenvalue weighted by Gasteiger charge is 2.31.